The minimum atomic E-state index is 0.307. The van der Waals surface area contributed by atoms with E-state index in [2.05, 4.69) is 20.9 Å². The number of aromatic nitrogens is 1. The summed E-state index contributed by atoms with van der Waals surface area (Å²) in [4.78, 5) is 3.95. The molecule has 0 atom stereocenters. The predicted molar refractivity (Wildman–Crippen MR) is 85.8 cm³/mol. The molecule has 0 bridgehead atoms. The molecule has 6 heteroatoms. The van der Waals surface area contributed by atoms with Crippen molar-refractivity contribution in [3.8, 4) is 17.2 Å². The summed E-state index contributed by atoms with van der Waals surface area (Å²) < 4.78 is 16.6. The van der Waals surface area contributed by atoms with E-state index in [0.717, 1.165) is 11.1 Å². The van der Waals surface area contributed by atoms with Crippen LogP contribution in [0.1, 0.15) is 11.1 Å². The fraction of sp³-hybridized carbons (Fsp3) is 0.267. The number of nitrogens with zero attached hydrogens (tertiary/aromatic N) is 1. The molecule has 0 unspecified atom stereocenters. The monoisotopic (exact) mass is 371 g/mol. The maximum atomic E-state index is 6.07. The van der Waals surface area contributed by atoms with E-state index in [1.807, 2.05) is 18.2 Å². The van der Waals surface area contributed by atoms with Crippen LogP contribution in [0.5, 0.6) is 17.2 Å². The maximum Gasteiger partial charge on any atom is 0.203 e. The molecule has 21 heavy (non-hydrogen) atoms. The molecule has 4 nitrogen and oxygen atoms in total. The summed E-state index contributed by atoms with van der Waals surface area (Å²) in [6.45, 7) is 0.307. The van der Waals surface area contributed by atoms with Crippen molar-refractivity contribution in [2.24, 2.45) is 0 Å². The van der Waals surface area contributed by atoms with Crippen molar-refractivity contribution < 1.29 is 14.2 Å². The van der Waals surface area contributed by atoms with Crippen LogP contribution in [0.25, 0.3) is 0 Å². The molecule has 2 aromatic rings. The normalized spacial score (nSPS) is 10.3. The third-order valence-electron chi connectivity index (χ3n) is 2.90. The summed E-state index contributed by atoms with van der Waals surface area (Å²) >= 11 is 9.49. The van der Waals surface area contributed by atoms with Gasteiger partial charge in [0.05, 0.1) is 19.2 Å². The Bertz CT molecular complexity index is 597. The Balaban J connectivity index is 2.28. The van der Waals surface area contributed by atoms with Gasteiger partial charge in [-0.05, 0) is 23.8 Å². The smallest absolute Gasteiger partial charge is 0.203 e. The summed E-state index contributed by atoms with van der Waals surface area (Å²) in [5.74, 6) is 1.79. The Labute approximate surface area is 137 Å². The first-order valence-corrected chi connectivity index (χ1v) is 7.71. The first-order valence-electron chi connectivity index (χ1n) is 6.21. The van der Waals surface area contributed by atoms with Gasteiger partial charge in [-0.15, -0.1) is 0 Å². The quantitative estimate of drug-likeness (QED) is 0.712. The molecule has 1 heterocycles. The summed E-state index contributed by atoms with van der Waals surface area (Å²) in [7, 11) is 3.19. The van der Waals surface area contributed by atoms with Crippen molar-refractivity contribution in [2.75, 3.05) is 14.2 Å². The van der Waals surface area contributed by atoms with Crippen LogP contribution in [-0.4, -0.2) is 19.2 Å². The zero-order chi connectivity index (χ0) is 15.2. The van der Waals surface area contributed by atoms with Gasteiger partial charge >= 0.3 is 0 Å². The van der Waals surface area contributed by atoms with E-state index < -0.39 is 0 Å². The third kappa shape index (κ3) is 3.80. The van der Waals surface area contributed by atoms with Crippen molar-refractivity contribution in [1.29, 1.82) is 0 Å². The SMILES string of the molecule is COc1cc(CBr)cc(OC)c1OCc1ccncc1Cl. The highest BCUT2D eigenvalue weighted by molar-refractivity contribution is 9.08. The highest BCUT2D eigenvalue weighted by Gasteiger charge is 2.14. The van der Waals surface area contributed by atoms with Crippen molar-refractivity contribution in [3.63, 3.8) is 0 Å². The largest absolute Gasteiger partial charge is 0.493 e. The number of benzene rings is 1. The van der Waals surface area contributed by atoms with Gasteiger partial charge in [-0.1, -0.05) is 27.5 Å². The molecular formula is C15H15BrClNO3. The van der Waals surface area contributed by atoms with E-state index in [-0.39, 0.29) is 0 Å². The fourth-order valence-corrected chi connectivity index (χ4v) is 2.32. The average molecular weight is 373 g/mol. The minimum absolute atomic E-state index is 0.307. The van der Waals surface area contributed by atoms with E-state index in [1.165, 1.54) is 0 Å². The second-order valence-corrected chi connectivity index (χ2v) is 5.19. The van der Waals surface area contributed by atoms with Gasteiger partial charge in [0.2, 0.25) is 5.75 Å². The summed E-state index contributed by atoms with van der Waals surface area (Å²) in [5, 5.41) is 1.27. The van der Waals surface area contributed by atoms with E-state index in [4.69, 9.17) is 25.8 Å². The van der Waals surface area contributed by atoms with Crippen LogP contribution in [0.3, 0.4) is 0 Å². The predicted octanol–water partition coefficient (Wildman–Crippen LogP) is 4.23. The Kier molecular flexibility index (Phi) is 5.70. The number of hydrogen-bond acceptors (Lipinski definition) is 4. The molecule has 0 saturated heterocycles. The second kappa shape index (κ2) is 7.52. The molecule has 1 aromatic carbocycles. The first kappa shape index (κ1) is 15.9. The van der Waals surface area contributed by atoms with Crippen LogP contribution >= 0.6 is 27.5 Å². The number of halogens is 2. The lowest BCUT2D eigenvalue weighted by molar-refractivity contribution is 0.265. The molecule has 0 radical (unpaired) electrons. The molecule has 0 aliphatic rings. The van der Waals surface area contributed by atoms with Gasteiger partial charge in [0.15, 0.2) is 11.5 Å². The van der Waals surface area contributed by atoms with E-state index in [1.54, 1.807) is 26.6 Å². The average Bonchev–Trinajstić information content (AvgIpc) is 2.53. The Morgan fingerprint density at radius 2 is 1.86 bits per heavy atom. The maximum absolute atomic E-state index is 6.07. The molecule has 0 fully saturated rings. The molecule has 0 saturated carbocycles. The van der Waals surface area contributed by atoms with E-state index in [0.29, 0.717) is 34.2 Å². The van der Waals surface area contributed by atoms with Crippen LogP contribution in [0.15, 0.2) is 30.6 Å². The number of hydrogen-bond donors (Lipinski definition) is 0. The van der Waals surface area contributed by atoms with E-state index >= 15 is 0 Å². The van der Waals surface area contributed by atoms with Crippen LogP contribution in [0, 0.1) is 0 Å². The summed E-state index contributed by atoms with van der Waals surface area (Å²) in [5.41, 5.74) is 1.89. The Morgan fingerprint density at radius 3 is 2.38 bits per heavy atom. The van der Waals surface area contributed by atoms with Crippen LogP contribution in [0.2, 0.25) is 5.02 Å². The lowest BCUT2D eigenvalue weighted by Gasteiger charge is -2.16. The number of ether oxygens (including phenoxy) is 3. The topological polar surface area (TPSA) is 40.6 Å². The lowest BCUT2D eigenvalue weighted by Crippen LogP contribution is -2.01. The van der Waals surface area contributed by atoms with Gasteiger partial charge in [0.1, 0.15) is 6.61 Å². The van der Waals surface area contributed by atoms with Gasteiger partial charge < -0.3 is 14.2 Å². The lowest BCUT2D eigenvalue weighted by atomic mass is 10.2. The molecule has 0 amide bonds. The summed E-state index contributed by atoms with van der Waals surface area (Å²) in [6.07, 6.45) is 3.26. The first-order chi connectivity index (χ1) is 10.2. The van der Waals surface area contributed by atoms with Gasteiger partial charge in [-0.3, -0.25) is 4.98 Å². The van der Waals surface area contributed by atoms with Crippen LogP contribution < -0.4 is 14.2 Å². The molecule has 0 N–H and O–H groups in total. The van der Waals surface area contributed by atoms with Crippen LogP contribution in [0.4, 0.5) is 0 Å². The van der Waals surface area contributed by atoms with Gasteiger partial charge in [-0.25, -0.2) is 0 Å². The number of methoxy groups -OCH3 is 2. The third-order valence-corrected chi connectivity index (χ3v) is 3.89. The van der Waals surface area contributed by atoms with Crippen molar-refractivity contribution in [1.82, 2.24) is 4.98 Å². The standard InChI is InChI=1S/C15H15BrClNO3/c1-19-13-5-10(7-16)6-14(20-2)15(13)21-9-11-3-4-18-8-12(11)17/h3-6,8H,7,9H2,1-2H3. The van der Waals surface area contributed by atoms with Gasteiger partial charge in [0.25, 0.3) is 0 Å². The molecule has 112 valence electrons. The molecule has 0 aliphatic heterocycles. The molecule has 1 aromatic heterocycles. The van der Waals surface area contributed by atoms with Gasteiger partial charge in [-0.2, -0.15) is 0 Å². The summed E-state index contributed by atoms with van der Waals surface area (Å²) in [6, 6.07) is 5.62. The Morgan fingerprint density at radius 1 is 1.19 bits per heavy atom. The molecule has 2 rings (SSSR count). The number of pyridine rings is 1. The van der Waals surface area contributed by atoms with Crippen molar-refractivity contribution in [3.05, 3.63) is 46.7 Å². The zero-order valence-corrected chi connectivity index (χ0v) is 14.1. The van der Waals surface area contributed by atoms with Gasteiger partial charge in [0, 0.05) is 23.3 Å². The highest BCUT2D eigenvalue weighted by atomic mass is 79.9. The number of alkyl halides is 1. The second-order valence-electron chi connectivity index (χ2n) is 4.22. The fourth-order valence-electron chi connectivity index (χ4n) is 1.82. The molecule has 0 aliphatic carbocycles. The van der Waals surface area contributed by atoms with Crippen LogP contribution in [-0.2, 0) is 11.9 Å². The highest BCUT2D eigenvalue weighted by Crippen LogP contribution is 2.39. The van der Waals surface area contributed by atoms with E-state index in [9.17, 15) is 0 Å². The molecular weight excluding hydrogens is 358 g/mol. The zero-order valence-electron chi connectivity index (χ0n) is 11.7. The van der Waals surface area contributed by atoms with Crippen molar-refractivity contribution >= 4 is 27.5 Å². The number of rotatable bonds is 6. The Hall–Kier alpha value is -1.46. The molecule has 0 spiro atoms. The minimum Gasteiger partial charge on any atom is -0.493 e. The van der Waals surface area contributed by atoms with Crippen molar-refractivity contribution in [2.45, 2.75) is 11.9 Å².